The first-order valence-electron chi connectivity index (χ1n) is 9.71. The fourth-order valence-electron chi connectivity index (χ4n) is 3.58. The van der Waals surface area contributed by atoms with Crippen molar-refractivity contribution in [2.45, 2.75) is 51.5 Å². The molecule has 0 radical (unpaired) electrons. The predicted octanol–water partition coefficient (Wildman–Crippen LogP) is 0.721. The molecule has 5 N–H and O–H groups in total. The minimum atomic E-state index is -1.30. The van der Waals surface area contributed by atoms with Gasteiger partial charge >= 0.3 is 5.97 Å². The van der Waals surface area contributed by atoms with Crippen LogP contribution in [-0.2, 0) is 9.59 Å². The Bertz CT molecular complexity index is 834. The maximum Gasteiger partial charge on any atom is 0.322 e. The molecule has 2 amide bonds. The maximum absolute atomic E-state index is 12.8. The van der Waals surface area contributed by atoms with Crippen LogP contribution in [0.15, 0.2) is 10.9 Å². The van der Waals surface area contributed by atoms with Crippen molar-refractivity contribution in [2.24, 2.45) is 5.92 Å². The van der Waals surface area contributed by atoms with Gasteiger partial charge in [-0.2, -0.15) is 0 Å². The molecule has 1 aromatic rings. The summed E-state index contributed by atoms with van der Waals surface area (Å²) in [6.45, 7) is 1.88. The fraction of sp³-hybridized carbons (Fsp3) is 0.579. The number of nitrogens with zero attached hydrogens (tertiary/aromatic N) is 1. The Morgan fingerprint density at radius 2 is 1.93 bits per heavy atom. The molecule has 1 heterocycles. The highest BCUT2D eigenvalue weighted by Gasteiger charge is 2.31. The topological polar surface area (TPSA) is 158 Å². The van der Waals surface area contributed by atoms with Gasteiger partial charge < -0.3 is 26.0 Å². The van der Waals surface area contributed by atoms with Crippen LogP contribution in [0, 0.1) is 5.92 Å². The number of aliphatic carboxylic acids is 1. The largest absolute Gasteiger partial charge is 0.507 e. The van der Waals surface area contributed by atoms with Crippen molar-refractivity contribution in [1.29, 1.82) is 0 Å². The number of hydrogen-bond acceptors (Lipinski definition) is 6. The van der Waals surface area contributed by atoms with Crippen LogP contribution < -0.4 is 16.2 Å². The number of carbonyl (C=O) groups is 3. The van der Waals surface area contributed by atoms with Crippen molar-refractivity contribution in [3.8, 4) is 11.6 Å². The van der Waals surface area contributed by atoms with Crippen LogP contribution in [0.3, 0.4) is 0 Å². The summed E-state index contributed by atoms with van der Waals surface area (Å²) in [6.07, 6.45) is 3.98. The highest BCUT2D eigenvalue weighted by atomic mass is 16.4. The molecule has 10 heteroatoms. The number of rotatable bonds is 8. The summed E-state index contributed by atoms with van der Waals surface area (Å²) in [7, 11) is 0. The monoisotopic (exact) mass is 409 g/mol. The van der Waals surface area contributed by atoms with Crippen molar-refractivity contribution in [3.63, 3.8) is 0 Å². The Hall–Kier alpha value is -3.04. The van der Waals surface area contributed by atoms with E-state index in [1.807, 2.05) is 12.2 Å². The quantitative estimate of drug-likeness (QED) is 0.396. The lowest BCUT2D eigenvalue weighted by molar-refractivity contribution is -0.135. The number of amides is 2. The number of nitrogens with one attached hydrogen (secondary N) is 2. The molecule has 0 aliphatic heterocycles. The molecule has 29 heavy (non-hydrogen) atoms. The molecule has 160 valence electrons. The van der Waals surface area contributed by atoms with Crippen LogP contribution in [-0.4, -0.2) is 50.8 Å². The van der Waals surface area contributed by atoms with Gasteiger partial charge in [0.25, 0.3) is 11.5 Å². The second-order valence-corrected chi connectivity index (χ2v) is 7.18. The number of carboxylic acid groups (broad SMARTS) is 1. The molecule has 0 aromatic carbocycles. The van der Waals surface area contributed by atoms with Crippen molar-refractivity contribution in [3.05, 3.63) is 22.0 Å². The second kappa shape index (κ2) is 9.94. The lowest BCUT2D eigenvalue weighted by atomic mass is 9.84. The lowest BCUT2D eigenvalue weighted by Gasteiger charge is -2.30. The molecule has 0 spiro atoms. The molecule has 1 aliphatic rings. The van der Waals surface area contributed by atoms with E-state index in [0.717, 1.165) is 23.5 Å². The minimum absolute atomic E-state index is 0.103. The summed E-state index contributed by atoms with van der Waals surface area (Å²) in [5, 5.41) is 33.7. The first kappa shape index (κ1) is 22.3. The number of carboxylic acids is 1. The van der Waals surface area contributed by atoms with Crippen molar-refractivity contribution in [1.82, 2.24) is 15.2 Å². The number of aromatic nitrogens is 1. The number of pyridine rings is 1. The zero-order valence-corrected chi connectivity index (χ0v) is 16.3. The molecule has 10 nitrogen and oxygen atoms in total. The summed E-state index contributed by atoms with van der Waals surface area (Å²) in [5.74, 6) is -4.03. The summed E-state index contributed by atoms with van der Waals surface area (Å²) in [4.78, 5) is 48.0. The molecule has 2 unspecified atom stereocenters. The van der Waals surface area contributed by atoms with Crippen LogP contribution in [0.4, 0.5) is 0 Å². The summed E-state index contributed by atoms with van der Waals surface area (Å²) >= 11 is 0. The molecule has 1 aliphatic carbocycles. The molecule has 1 aromatic heterocycles. The number of carbonyl (C=O) groups excluding carboxylic acids is 2. The molecule has 0 bridgehead atoms. The second-order valence-electron chi connectivity index (χ2n) is 7.18. The summed E-state index contributed by atoms with van der Waals surface area (Å²) < 4.78 is 1.00. The first-order chi connectivity index (χ1) is 13.8. The van der Waals surface area contributed by atoms with E-state index in [2.05, 4.69) is 5.32 Å². The van der Waals surface area contributed by atoms with Gasteiger partial charge in [0.05, 0.1) is 0 Å². The van der Waals surface area contributed by atoms with E-state index >= 15 is 0 Å². The van der Waals surface area contributed by atoms with E-state index in [4.69, 9.17) is 5.11 Å². The van der Waals surface area contributed by atoms with Crippen LogP contribution >= 0.6 is 0 Å². The van der Waals surface area contributed by atoms with Gasteiger partial charge in [-0.05, 0) is 25.7 Å². The van der Waals surface area contributed by atoms with E-state index in [1.165, 1.54) is 0 Å². The van der Waals surface area contributed by atoms with Gasteiger partial charge in [0.1, 0.15) is 17.9 Å². The van der Waals surface area contributed by atoms with Gasteiger partial charge in [-0.3, -0.25) is 23.7 Å². The standard InChI is InChI=1S/C19H27N3O7/c1-2-3-7-20-17(27)11-5-4-6-12(8-11)22-14(24)9-13(23)16(19(22)29)18(28)21-10-15(25)26/h9,11-12,23-24H,2-8,10H2,1H3,(H,20,27)(H,21,28)(H,25,26). The van der Waals surface area contributed by atoms with Crippen molar-refractivity contribution >= 4 is 17.8 Å². The van der Waals surface area contributed by atoms with Gasteiger partial charge in [-0.1, -0.05) is 19.8 Å². The number of hydrogen-bond donors (Lipinski definition) is 5. The molecule has 1 saturated carbocycles. The molecule has 2 rings (SSSR count). The van der Waals surface area contributed by atoms with E-state index < -0.39 is 47.2 Å². The Kier molecular flexibility index (Phi) is 7.63. The number of aromatic hydroxyl groups is 2. The average molecular weight is 409 g/mol. The van der Waals surface area contributed by atoms with Crippen LogP contribution in [0.25, 0.3) is 0 Å². The third-order valence-corrected chi connectivity index (χ3v) is 5.04. The molecule has 2 atom stereocenters. The predicted molar refractivity (Wildman–Crippen MR) is 103 cm³/mol. The van der Waals surface area contributed by atoms with Gasteiger partial charge in [0, 0.05) is 24.6 Å². The van der Waals surface area contributed by atoms with E-state index in [1.54, 1.807) is 0 Å². The summed E-state index contributed by atoms with van der Waals surface area (Å²) in [6, 6.07) is 0.354. The highest BCUT2D eigenvalue weighted by Crippen LogP contribution is 2.35. The molecule has 0 saturated heterocycles. The Morgan fingerprint density at radius 1 is 1.21 bits per heavy atom. The van der Waals surface area contributed by atoms with E-state index in [9.17, 15) is 29.4 Å². The third kappa shape index (κ3) is 5.49. The van der Waals surface area contributed by atoms with Crippen LogP contribution in [0.1, 0.15) is 61.8 Å². The van der Waals surface area contributed by atoms with Gasteiger partial charge in [-0.25, -0.2) is 0 Å². The summed E-state index contributed by atoms with van der Waals surface area (Å²) in [5.41, 5.74) is -1.57. The zero-order chi connectivity index (χ0) is 21.6. The van der Waals surface area contributed by atoms with Crippen LogP contribution in [0.5, 0.6) is 11.6 Å². The SMILES string of the molecule is CCCCNC(=O)C1CCCC(n2c(O)cc(O)c(C(=O)NCC(=O)O)c2=O)C1. The van der Waals surface area contributed by atoms with Gasteiger partial charge in [0.15, 0.2) is 5.88 Å². The molecular weight excluding hydrogens is 382 g/mol. The Balaban J connectivity index is 2.25. The Labute approximate surface area is 167 Å². The van der Waals surface area contributed by atoms with E-state index in [-0.39, 0.29) is 11.8 Å². The van der Waals surface area contributed by atoms with Crippen LogP contribution in [0.2, 0.25) is 0 Å². The Morgan fingerprint density at radius 3 is 2.59 bits per heavy atom. The molecule has 1 fully saturated rings. The fourth-order valence-corrected chi connectivity index (χ4v) is 3.58. The van der Waals surface area contributed by atoms with Gasteiger partial charge in [-0.15, -0.1) is 0 Å². The van der Waals surface area contributed by atoms with E-state index in [0.29, 0.717) is 32.2 Å². The number of unbranched alkanes of at least 4 members (excludes halogenated alkanes) is 1. The van der Waals surface area contributed by atoms with Gasteiger partial charge in [0.2, 0.25) is 5.91 Å². The van der Waals surface area contributed by atoms with Crippen molar-refractivity contribution < 1.29 is 29.7 Å². The zero-order valence-electron chi connectivity index (χ0n) is 16.3. The maximum atomic E-state index is 12.8. The smallest absolute Gasteiger partial charge is 0.322 e. The molecular formula is C19H27N3O7. The minimum Gasteiger partial charge on any atom is -0.507 e. The highest BCUT2D eigenvalue weighted by molar-refractivity contribution is 5.97. The normalized spacial score (nSPS) is 18.8. The third-order valence-electron chi connectivity index (χ3n) is 5.04. The average Bonchev–Trinajstić information content (AvgIpc) is 2.66. The van der Waals surface area contributed by atoms with Crippen molar-refractivity contribution in [2.75, 3.05) is 13.1 Å². The first-order valence-corrected chi connectivity index (χ1v) is 9.71. The lowest BCUT2D eigenvalue weighted by Crippen LogP contribution is -2.39.